The normalized spacial score (nSPS) is 11.9. The van der Waals surface area contributed by atoms with Gasteiger partial charge in [-0.3, -0.25) is 4.79 Å². The van der Waals surface area contributed by atoms with E-state index in [1.165, 1.54) is 7.11 Å². The second-order valence-electron chi connectivity index (χ2n) is 4.33. The maximum Gasteiger partial charge on any atom is 0.326 e. The lowest BCUT2D eigenvalue weighted by molar-refractivity contribution is -0.142. The van der Waals surface area contributed by atoms with E-state index in [2.05, 4.69) is 5.32 Å². The molecule has 0 bridgehead atoms. The summed E-state index contributed by atoms with van der Waals surface area (Å²) in [7, 11) is 1.48. The number of hydrogen-bond donors (Lipinski definition) is 2. The van der Waals surface area contributed by atoms with E-state index in [0.717, 1.165) is 5.56 Å². The first kappa shape index (κ1) is 16.5. The third-order valence-corrected chi connectivity index (χ3v) is 3.19. The molecule has 0 saturated carbocycles. The van der Waals surface area contributed by atoms with Crippen LogP contribution >= 0.6 is 11.6 Å². The molecule has 0 aliphatic rings. The van der Waals surface area contributed by atoms with Crippen LogP contribution in [-0.4, -0.2) is 36.7 Å². The van der Waals surface area contributed by atoms with Crippen LogP contribution in [0.1, 0.15) is 18.4 Å². The minimum absolute atomic E-state index is 0.195. The smallest absolute Gasteiger partial charge is 0.326 e. The zero-order valence-corrected chi connectivity index (χ0v) is 12.0. The highest BCUT2D eigenvalue weighted by Gasteiger charge is 2.19. The molecule has 0 aliphatic heterocycles. The summed E-state index contributed by atoms with van der Waals surface area (Å²) in [6.07, 6.45) is 0.909. The van der Waals surface area contributed by atoms with Gasteiger partial charge in [-0.1, -0.05) is 29.8 Å². The van der Waals surface area contributed by atoms with Gasteiger partial charge in [-0.25, -0.2) is 4.79 Å². The molecule has 2 N–H and O–H groups in total. The molecule has 1 amide bonds. The van der Waals surface area contributed by atoms with Crippen molar-refractivity contribution >= 4 is 23.5 Å². The van der Waals surface area contributed by atoms with Crippen LogP contribution in [0.5, 0.6) is 0 Å². The lowest BCUT2D eigenvalue weighted by atomic mass is 10.1. The highest BCUT2D eigenvalue weighted by atomic mass is 35.5. The number of ether oxygens (including phenoxy) is 1. The highest BCUT2D eigenvalue weighted by Crippen LogP contribution is 2.16. The summed E-state index contributed by atoms with van der Waals surface area (Å²) in [4.78, 5) is 22.7. The Labute approximate surface area is 122 Å². The zero-order chi connectivity index (χ0) is 15.0. The van der Waals surface area contributed by atoms with Crippen LogP contribution in [0.25, 0.3) is 0 Å². The summed E-state index contributed by atoms with van der Waals surface area (Å²) < 4.78 is 4.82. The average Bonchev–Trinajstić information content (AvgIpc) is 2.42. The number of carboxylic acid groups (broad SMARTS) is 1. The average molecular weight is 300 g/mol. The van der Waals surface area contributed by atoms with Crippen LogP contribution in [0, 0.1) is 0 Å². The molecule has 1 aromatic rings. The van der Waals surface area contributed by atoms with Gasteiger partial charge < -0.3 is 15.2 Å². The van der Waals surface area contributed by atoms with E-state index in [1.807, 2.05) is 18.2 Å². The van der Waals surface area contributed by atoms with Gasteiger partial charge in [0.2, 0.25) is 5.91 Å². The summed E-state index contributed by atoms with van der Waals surface area (Å²) >= 11 is 5.99. The van der Waals surface area contributed by atoms with Crippen molar-refractivity contribution in [1.29, 1.82) is 0 Å². The van der Waals surface area contributed by atoms with Crippen molar-refractivity contribution < 1.29 is 19.4 Å². The molecule has 0 aliphatic carbocycles. The largest absolute Gasteiger partial charge is 0.480 e. The number of nitrogens with one attached hydrogen (secondary N) is 1. The summed E-state index contributed by atoms with van der Waals surface area (Å²) in [5, 5.41) is 12.1. The number of amides is 1. The number of hydrogen-bond acceptors (Lipinski definition) is 3. The number of halogens is 1. The molecule has 0 saturated heterocycles. The van der Waals surface area contributed by atoms with E-state index in [-0.39, 0.29) is 25.4 Å². The number of carbonyl (C=O) groups excluding carboxylic acids is 1. The zero-order valence-electron chi connectivity index (χ0n) is 11.3. The second-order valence-corrected chi connectivity index (χ2v) is 4.74. The van der Waals surface area contributed by atoms with Crippen LogP contribution in [0.4, 0.5) is 0 Å². The molecule has 6 heteroatoms. The topological polar surface area (TPSA) is 75.6 Å². The number of benzene rings is 1. The maximum atomic E-state index is 11.7. The highest BCUT2D eigenvalue weighted by molar-refractivity contribution is 6.31. The third-order valence-electron chi connectivity index (χ3n) is 2.82. The predicted molar refractivity (Wildman–Crippen MR) is 75.8 cm³/mol. The summed E-state index contributed by atoms with van der Waals surface area (Å²) in [6.45, 7) is 0.280. The lowest BCUT2D eigenvalue weighted by Crippen LogP contribution is -2.41. The number of aliphatic carboxylic acids is 1. The Hall–Kier alpha value is -1.59. The molecule has 0 fully saturated rings. The Bertz CT molecular complexity index is 464. The molecule has 5 nitrogen and oxygen atoms in total. The monoisotopic (exact) mass is 299 g/mol. The van der Waals surface area contributed by atoms with Gasteiger partial charge >= 0.3 is 5.97 Å². The molecule has 1 rings (SSSR count). The van der Waals surface area contributed by atoms with Gasteiger partial charge in [-0.05, 0) is 18.1 Å². The first-order chi connectivity index (χ1) is 9.54. The first-order valence-electron chi connectivity index (χ1n) is 6.29. The van der Waals surface area contributed by atoms with Crippen LogP contribution in [-0.2, 0) is 20.7 Å². The number of methoxy groups -OCH3 is 1. The molecule has 0 radical (unpaired) electrons. The third kappa shape index (κ3) is 5.59. The Morgan fingerprint density at radius 3 is 2.70 bits per heavy atom. The molecular weight excluding hydrogens is 282 g/mol. The van der Waals surface area contributed by atoms with E-state index in [1.54, 1.807) is 6.07 Å². The molecule has 0 spiro atoms. The fraction of sp³-hybridized carbons (Fsp3) is 0.429. The lowest BCUT2D eigenvalue weighted by Gasteiger charge is -2.14. The maximum absolute atomic E-state index is 11.7. The van der Waals surface area contributed by atoms with Gasteiger partial charge in [0.05, 0.1) is 0 Å². The van der Waals surface area contributed by atoms with Gasteiger partial charge in [0.25, 0.3) is 0 Å². The van der Waals surface area contributed by atoms with Crippen LogP contribution in [0.3, 0.4) is 0 Å². The molecular formula is C14H18ClNO4. The van der Waals surface area contributed by atoms with Crippen molar-refractivity contribution in [2.75, 3.05) is 13.7 Å². The minimum atomic E-state index is -1.06. The first-order valence-corrected chi connectivity index (χ1v) is 6.67. The van der Waals surface area contributed by atoms with Gasteiger partial charge in [0.1, 0.15) is 6.04 Å². The molecule has 110 valence electrons. The molecule has 1 atom stereocenters. The molecule has 1 unspecified atom stereocenters. The summed E-state index contributed by atoms with van der Waals surface area (Å²) in [5.41, 5.74) is 0.869. The van der Waals surface area contributed by atoms with Crippen LogP contribution in [0.2, 0.25) is 5.02 Å². The Balaban J connectivity index is 2.46. The Morgan fingerprint density at radius 1 is 1.40 bits per heavy atom. The molecule has 0 heterocycles. The quantitative estimate of drug-likeness (QED) is 0.768. The van der Waals surface area contributed by atoms with Crippen LogP contribution < -0.4 is 5.32 Å². The van der Waals surface area contributed by atoms with E-state index in [0.29, 0.717) is 11.4 Å². The molecule has 20 heavy (non-hydrogen) atoms. The fourth-order valence-corrected chi connectivity index (χ4v) is 1.94. The van der Waals surface area contributed by atoms with Crippen molar-refractivity contribution in [1.82, 2.24) is 5.32 Å². The standard InChI is InChI=1S/C14H18ClNO4/c1-20-9-8-12(14(18)19)16-13(17)7-6-10-4-2-3-5-11(10)15/h2-5,12H,6-9H2,1H3,(H,16,17)(H,18,19). The Kier molecular flexibility index (Phi) is 7.04. The SMILES string of the molecule is COCCC(NC(=O)CCc1ccccc1Cl)C(=O)O. The van der Waals surface area contributed by atoms with Crippen LogP contribution in [0.15, 0.2) is 24.3 Å². The number of aryl methyl sites for hydroxylation is 1. The van der Waals surface area contributed by atoms with Gasteiger partial charge in [-0.15, -0.1) is 0 Å². The van der Waals surface area contributed by atoms with Gasteiger partial charge in [-0.2, -0.15) is 0 Å². The summed E-state index contributed by atoms with van der Waals surface area (Å²) in [5.74, 6) is -1.37. The van der Waals surface area contributed by atoms with Gasteiger partial charge in [0.15, 0.2) is 0 Å². The molecule has 0 aromatic heterocycles. The van der Waals surface area contributed by atoms with E-state index in [9.17, 15) is 9.59 Å². The van der Waals surface area contributed by atoms with Crippen molar-refractivity contribution in [3.8, 4) is 0 Å². The van der Waals surface area contributed by atoms with Crippen molar-refractivity contribution in [3.05, 3.63) is 34.9 Å². The van der Waals surface area contributed by atoms with Gasteiger partial charge in [0, 0.05) is 31.6 Å². The van der Waals surface area contributed by atoms with Crippen molar-refractivity contribution in [2.24, 2.45) is 0 Å². The van der Waals surface area contributed by atoms with E-state index in [4.69, 9.17) is 21.4 Å². The minimum Gasteiger partial charge on any atom is -0.480 e. The van der Waals surface area contributed by atoms with E-state index < -0.39 is 12.0 Å². The number of carbonyl (C=O) groups is 2. The fourth-order valence-electron chi connectivity index (χ4n) is 1.71. The number of rotatable bonds is 8. The Morgan fingerprint density at radius 2 is 2.10 bits per heavy atom. The van der Waals surface area contributed by atoms with E-state index >= 15 is 0 Å². The second kappa shape index (κ2) is 8.55. The number of carboxylic acids is 1. The molecule has 1 aromatic carbocycles. The predicted octanol–water partition coefficient (Wildman–Crippen LogP) is 1.88. The van der Waals surface area contributed by atoms with Crippen molar-refractivity contribution in [3.63, 3.8) is 0 Å². The summed E-state index contributed by atoms with van der Waals surface area (Å²) in [6, 6.07) is 6.34. The van der Waals surface area contributed by atoms with Crippen molar-refractivity contribution in [2.45, 2.75) is 25.3 Å².